The van der Waals surface area contributed by atoms with Gasteiger partial charge in [-0.05, 0) is 38.2 Å². The van der Waals surface area contributed by atoms with Crippen molar-refractivity contribution in [1.82, 2.24) is 30.1 Å². The second-order valence-electron chi connectivity index (χ2n) is 10.5. The molecule has 2 saturated heterocycles. The van der Waals surface area contributed by atoms with Crippen LogP contribution in [0.15, 0.2) is 30.5 Å². The van der Waals surface area contributed by atoms with Crippen LogP contribution in [0.25, 0.3) is 5.69 Å². The Kier molecular flexibility index (Phi) is 9.21. The van der Waals surface area contributed by atoms with E-state index in [1.807, 2.05) is 12.1 Å². The number of hydrogen-bond donors (Lipinski definition) is 3. The van der Waals surface area contributed by atoms with Gasteiger partial charge in [-0.2, -0.15) is 0 Å². The van der Waals surface area contributed by atoms with Crippen molar-refractivity contribution in [3.63, 3.8) is 0 Å². The highest BCUT2D eigenvalue weighted by atomic mass is 35.5. The van der Waals surface area contributed by atoms with E-state index < -0.39 is 11.7 Å². The number of likely N-dealkylation sites (N-methyl/N-ethyl adjacent to an activating group) is 1. The van der Waals surface area contributed by atoms with Crippen molar-refractivity contribution in [2.75, 3.05) is 88.6 Å². The molecule has 42 heavy (non-hydrogen) atoms. The van der Waals surface area contributed by atoms with E-state index in [9.17, 15) is 14.0 Å². The molecule has 1 aromatic heterocycles. The molecule has 14 heteroatoms. The van der Waals surface area contributed by atoms with E-state index in [0.29, 0.717) is 31.1 Å². The minimum absolute atomic E-state index is 0.00273. The molecular weight excluding hydrogens is 565 g/mol. The lowest BCUT2D eigenvalue weighted by Gasteiger charge is -2.35. The quantitative estimate of drug-likeness (QED) is 0.333. The Morgan fingerprint density at radius 2 is 1.83 bits per heavy atom. The number of amides is 2. The van der Waals surface area contributed by atoms with Crippen LogP contribution in [0.4, 0.5) is 21.5 Å². The number of nitrogens with two attached hydrogens (primary N) is 1. The highest BCUT2D eigenvalue weighted by Gasteiger charge is 2.23. The standard InChI is InChI=1S/C28H35ClFN9O3/c1-18-25(29)20(16-21(31)26(18)30)27(40)33-22-15-19(3-4-24(22)38-9-7-36(2)8-10-38)39-17-23(34-35-39)28(41)32-5-6-37-11-13-42-14-12-37/h3-4,15-17H,5-14,31H2,1-2H3,(H,32,41)(H,33,40). The number of benzene rings is 2. The molecule has 3 aromatic rings. The van der Waals surface area contributed by atoms with Gasteiger partial charge in [0, 0.05) is 57.9 Å². The molecule has 0 aliphatic carbocycles. The lowest BCUT2D eigenvalue weighted by Crippen LogP contribution is -2.44. The summed E-state index contributed by atoms with van der Waals surface area (Å²) < 4.78 is 21.1. The number of carbonyl (C=O) groups excluding carboxylic acids is 2. The number of anilines is 3. The van der Waals surface area contributed by atoms with Gasteiger partial charge in [0.25, 0.3) is 11.8 Å². The maximum atomic E-state index is 14.3. The van der Waals surface area contributed by atoms with Gasteiger partial charge in [0.05, 0.1) is 52.7 Å². The zero-order chi connectivity index (χ0) is 29.8. The third-order valence-corrected chi connectivity index (χ3v) is 8.06. The van der Waals surface area contributed by atoms with E-state index in [-0.39, 0.29) is 33.4 Å². The number of carbonyl (C=O) groups is 2. The molecule has 2 aromatic carbocycles. The Morgan fingerprint density at radius 3 is 2.57 bits per heavy atom. The first-order chi connectivity index (χ1) is 20.2. The number of halogens is 2. The Hall–Kier alpha value is -3.78. The molecule has 2 aliphatic heterocycles. The van der Waals surface area contributed by atoms with Crippen LogP contribution in [-0.4, -0.2) is 109 Å². The Morgan fingerprint density at radius 1 is 1.10 bits per heavy atom. The van der Waals surface area contributed by atoms with Gasteiger partial charge in [0.2, 0.25) is 0 Å². The lowest BCUT2D eigenvalue weighted by molar-refractivity contribution is 0.0383. The topological polar surface area (TPSA) is 134 Å². The second-order valence-corrected chi connectivity index (χ2v) is 10.8. The van der Waals surface area contributed by atoms with Crippen LogP contribution in [0.2, 0.25) is 5.02 Å². The first-order valence-electron chi connectivity index (χ1n) is 13.8. The van der Waals surface area contributed by atoms with Gasteiger partial charge in [-0.15, -0.1) is 5.10 Å². The van der Waals surface area contributed by atoms with E-state index in [0.717, 1.165) is 51.5 Å². The molecule has 0 saturated carbocycles. The molecule has 0 unspecified atom stereocenters. The summed E-state index contributed by atoms with van der Waals surface area (Å²) >= 11 is 6.34. The maximum absolute atomic E-state index is 14.3. The predicted octanol–water partition coefficient (Wildman–Crippen LogP) is 2.02. The normalized spacial score (nSPS) is 16.4. The lowest BCUT2D eigenvalue weighted by atomic mass is 10.1. The van der Waals surface area contributed by atoms with E-state index in [1.54, 1.807) is 12.3 Å². The van der Waals surface area contributed by atoms with Gasteiger partial charge < -0.3 is 30.9 Å². The first-order valence-corrected chi connectivity index (χ1v) is 14.2. The summed E-state index contributed by atoms with van der Waals surface area (Å²) in [7, 11) is 2.06. The fraction of sp³-hybridized carbons (Fsp3) is 0.429. The maximum Gasteiger partial charge on any atom is 0.273 e. The third kappa shape index (κ3) is 6.65. The van der Waals surface area contributed by atoms with Crippen molar-refractivity contribution in [2.24, 2.45) is 0 Å². The predicted molar refractivity (Wildman–Crippen MR) is 159 cm³/mol. The number of piperazine rings is 1. The number of nitrogens with one attached hydrogen (secondary N) is 2. The summed E-state index contributed by atoms with van der Waals surface area (Å²) in [6, 6.07) is 6.74. The summed E-state index contributed by atoms with van der Waals surface area (Å²) in [5.41, 5.74) is 7.88. The largest absolute Gasteiger partial charge is 0.396 e. The van der Waals surface area contributed by atoms with Crippen LogP contribution in [0.1, 0.15) is 26.4 Å². The van der Waals surface area contributed by atoms with Crippen molar-refractivity contribution in [3.05, 3.63) is 58.1 Å². The van der Waals surface area contributed by atoms with Crippen molar-refractivity contribution in [3.8, 4) is 5.69 Å². The highest BCUT2D eigenvalue weighted by molar-refractivity contribution is 6.35. The molecule has 0 bridgehead atoms. The summed E-state index contributed by atoms with van der Waals surface area (Å²) in [4.78, 5) is 32.7. The molecule has 0 spiro atoms. The van der Waals surface area contributed by atoms with Crippen molar-refractivity contribution >= 4 is 40.5 Å². The average Bonchev–Trinajstić information content (AvgIpc) is 3.50. The summed E-state index contributed by atoms with van der Waals surface area (Å²) in [5.74, 6) is -1.50. The monoisotopic (exact) mass is 599 g/mol. The summed E-state index contributed by atoms with van der Waals surface area (Å²) in [6.07, 6.45) is 1.54. The average molecular weight is 600 g/mol. The zero-order valence-corrected chi connectivity index (χ0v) is 24.5. The summed E-state index contributed by atoms with van der Waals surface area (Å²) in [6.45, 7) is 9.02. The van der Waals surface area contributed by atoms with Gasteiger partial charge in [0.15, 0.2) is 11.5 Å². The molecule has 2 amide bonds. The summed E-state index contributed by atoms with van der Waals surface area (Å²) in [5, 5.41) is 14.0. The molecule has 2 fully saturated rings. The second kappa shape index (κ2) is 13.0. The SMILES string of the molecule is Cc1c(F)c(N)cc(C(=O)Nc2cc(-n3cc(C(=O)NCCN4CCOCC4)nn3)ccc2N2CCN(C)CC2)c1Cl. The van der Waals surface area contributed by atoms with Crippen molar-refractivity contribution in [2.45, 2.75) is 6.92 Å². The van der Waals surface area contributed by atoms with E-state index in [4.69, 9.17) is 22.1 Å². The zero-order valence-electron chi connectivity index (χ0n) is 23.7. The molecule has 0 atom stereocenters. The molecule has 2 aliphatic rings. The molecule has 3 heterocycles. The number of nitrogen functional groups attached to an aromatic ring is 1. The fourth-order valence-corrected chi connectivity index (χ4v) is 5.20. The van der Waals surface area contributed by atoms with Gasteiger partial charge in [-0.3, -0.25) is 14.5 Å². The molecule has 5 rings (SSSR count). The minimum atomic E-state index is -0.649. The van der Waals surface area contributed by atoms with Crippen LogP contribution in [0, 0.1) is 12.7 Å². The number of nitrogens with zero attached hydrogens (tertiary/aromatic N) is 6. The van der Waals surface area contributed by atoms with Crippen LogP contribution >= 0.6 is 11.6 Å². The van der Waals surface area contributed by atoms with Crippen LogP contribution in [0.3, 0.4) is 0 Å². The molecule has 12 nitrogen and oxygen atoms in total. The molecular formula is C28H35ClFN9O3. The van der Waals surface area contributed by atoms with Gasteiger partial charge in [-0.1, -0.05) is 16.8 Å². The van der Waals surface area contributed by atoms with Gasteiger partial charge in [0.1, 0.15) is 0 Å². The van der Waals surface area contributed by atoms with E-state index in [1.165, 1.54) is 17.7 Å². The Bertz CT molecular complexity index is 1450. The number of hydrogen-bond acceptors (Lipinski definition) is 9. The van der Waals surface area contributed by atoms with Crippen LogP contribution in [0.5, 0.6) is 0 Å². The smallest absolute Gasteiger partial charge is 0.273 e. The van der Waals surface area contributed by atoms with E-state index >= 15 is 0 Å². The van der Waals surface area contributed by atoms with Crippen molar-refractivity contribution in [1.29, 1.82) is 0 Å². The molecule has 0 radical (unpaired) electrons. The number of ether oxygens (including phenoxy) is 1. The highest BCUT2D eigenvalue weighted by Crippen LogP contribution is 2.32. The number of aromatic nitrogens is 3. The van der Waals surface area contributed by atoms with Crippen molar-refractivity contribution < 1.29 is 18.7 Å². The number of morpholine rings is 1. The number of rotatable bonds is 8. The minimum Gasteiger partial charge on any atom is -0.396 e. The van der Waals surface area contributed by atoms with E-state index in [2.05, 4.69) is 42.7 Å². The first kappa shape index (κ1) is 29.7. The van der Waals surface area contributed by atoms with Gasteiger partial charge >= 0.3 is 0 Å². The van der Waals surface area contributed by atoms with Gasteiger partial charge in [-0.25, -0.2) is 9.07 Å². The van der Waals surface area contributed by atoms with Crippen LogP contribution in [-0.2, 0) is 4.74 Å². The fourth-order valence-electron chi connectivity index (χ4n) is 4.98. The third-order valence-electron chi connectivity index (χ3n) is 7.57. The molecule has 224 valence electrons. The molecule has 4 N–H and O–H groups in total. The Labute approximate surface area is 248 Å². The Balaban J connectivity index is 1.36. The van der Waals surface area contributed by atoms with Crippen LogP contribution < -0.4 is 21.3 Å².